The van der Waals surface area contributed by atoms with Crippen molar-refractivity contribution in [1.82, 2.24) is 15.2 Å². The van der Waals surface area contributed by atoms with Crippen molar-refractivity contribution in [2.24, 2.45) is 5.10 Å². The number of nitro groups is 1. The summed E-state index contributed by atoms with van der Waals surface area (Å²) in [6.45, 7) is 0.137. The first kappa shape index (κ1) is 20.8. The molecule has 1 aromatic heterocycles. The monoisotopic (exact) mass is 451 g/mol. The molecule has 29 heavy (non-hydrogen) atoms. The Kier molecular flexibility index (Phi) is 6.48. The van der Waals surface area contributed by atoms with Crippen molar-refractivity contribution in [1.29, 1.82) is 0 Å². The van der Waals surface area contributed by atoms with Crippen LogP contribution in [0.1, 0.15) is 21.6 Å². The lowest BCUT2D eigenvalue weighted by molar-refractivity contribution is -0.389. The van der Waals surface area contributed by atoms with Crippen molar-refractivity contribution < 1.29 is 9.72 Å². The molecule has 0 radical (unpaired) electrons. The summed E-state index contributed by atoms with van der Waals surface area (Å²) < 4.78 is 1.22. The summed E-state index contributed by atoms with van der Waals surface area (Å²) >= 11 is 17.8. The van der Waals surface area contributed by atoms with Crippen molar-refractivity contribution in [2.45, 2.75) is 6.54 Å². The second-order valence-electron chi connectivity index (χ2n) is 5.77. The Balaban J connectivity index is 1.81. The maximum absolute atomic E-state index is 12.5. The summed E-state index contributed by atoms with van der Waals surface area (Å²) in [7, 11) is 0. The second-order valence-corrected chi connectivity index (χ2v) is 6.99. The SMILES string of the molecule is O=C(N/N=C\c1cccc(Cl)c1Cl)c1cc([N+](=O)[O-])nn1Cc1ccc(Cl)cc1. The molecular weight excluding hydrogens is 441 g/mol. The van der Waals surface area contributed by atoms with Crippen LogP contribution in [0.5, 0.6) is 0 Å². The number of hydrogen-bond donors (Lipinski definition) is 1. The van der Waals surface area contributed by atoms with Gasteiger partial charge in [-0.25, -0.2) is 5.43 Å². The van der Waals surface area contributed by atoms with Crippen LogP contribution in [-0.4, -0.2) is 26.8 Å². The highest BCUT2D eigenvalue weighted by molar-refractivity contribution is 6.43. The van der Waals surface area contributed by atoms with E-state index < -0.39 is 16.6 Å². The number of hydrogen-bond acceptors (Lipinski definition) is 5. The number of halogens is 3. The molecular formula is C18H12Cl3N5O3. The summed E-state index contributed by atoms with van der Waals surface area (Å²) in [5.41, 5.74) is 3.54. The quantitative estimate of drug-likeness (QED) is 0.336. The predicted octanol–water partition coefficient (Wildman–Crippen LogP) is 4.56. The molecule has 0 saturated carbocycles. The molecule has 1 heterocycles. The third kappa shape index (κ3) is 5.11. The molecule has 0 aliphatic rings. The van der Waals surface area contributed by atoms with E-state index in [1.807, 2.05) is 0 Å². The fraction of sp³-hybridized carbons (Fsp3) is 0.0556. The number of aromatic nitrogens is 2. The molecule has 1 N–H and O–H groups in total. The largest absolute Gasteiger partial charge is 0.390 e. The van der Waals surface area contributed by atoms with Gasteiger partial charge in [0.1, 0.15) is 0 Å². The number of benzene rings is 2. The molecule has 0 aliphatic carbocycles. The zero-order valence-corrected chi connectivity index (χ0v) is 16.8. The number of amides is 1. The Hall–Kier alpha value is -2.94. The summed E-state index contributed by atoms with van der Waals surface area (Å²) in [6, 6.07) is 12.9. The van der Waals surface area contributed by atoms with Gasteiger partial charge in [0.15, 0.2) is 5.69 Å². The van der Waals surface area contributed by atoms with Gasteiger partial charge in [0.25, 0.3) is 5.91 Å². The standard InChI is InChI=1S/C18H12Cl3N5O3/c19-13-6-4-11(5-7-13)10-25-15(8-16(24-25)26(28)29)18(27)23-22-9-12-2-1-3-14(20)17(12)21/h1-9H,10H2,(H,23,27)/b22-9-. The Morgan fingerprint density at radius 1 is 1.21 bits per heavy atom. The first-order valence-corrected chi connectivity index (χ1v) is 9.22. The molecule has 0 spiro atoms. The van der Waals surface area contributed by atoms with Crippen LogP contribution in [0.15, 0.2) is 53.6 Å². The highest BCUT2D eigenvalue weighted by Gasteiger charge is 2.23. The van der Waals surface area contributed by atoms with Crippen LogP contribution in [0, 0.1) is 10.1 Å². The molecule has 0 aliphatic heterocycles. The first-order chi connectivity index (χ1) is 13.8. The average molecular weight is 453 g/mol. The number of nitrogens with one attached hydrogen (secondary N) is 1. The van der Waals surface area contributed by atoms with Crippen LogP contribution >= 0.6 is 34.8 Å². The van der Waals surface area contributed by atoms with Crippen molar-refractivity contribution in [3.8, 4) is 0 Å². The van der Waals surface area contributed by atoms with E-state index in [1.165, 1.54) is 10.9 Å². The molecule has 0 fully saturated rings. The minimum Gasteiger partial charge on any atom is -0.358 e. The first-order valence-electron chi connectivity index (χ1n) is 8.09. The van der Waals surface area contributed by atoms with Gasteiger partial charge in [-0.05, 0) is 28.7 Å². The Bertz CT molecular complexity index is 1100. The second kappa shape index (κ2) is 9.04. The zero-order valence-electron chi connectivity index (χ0n) is 14.6. The Morgan fingerprint density at radius 2 is 1.93 bits per heavy atom. The molecule has 0 unspecified atom stereocenters. The molecule has 8 nitrogen and oxygen atoms in total. The van der Waals surface area contributed by atoms with E-state index in [0.717, 1.165) is 11.6 Å². The fourth-order valence-electron chi connectivity index (χ4n) is 2.40. The molecule has 0 saturated heterocycles. The minimum absolute atomic E-state index is 0.0269. The van der Waals surface area contributed by atoms with Crippen molar-refractivity contribution in [3.05, 3.63) is 90.5 Å². The van der Waals surface area contributed by atoms with Crippen molar-refractivity contribution >= 4 is 52.7 Å². The van der Waals surface area contributed by atoms with Crippen LogP contribution in [-0.2, 0) is 6.54 Å². The van der Waals surface area contributed by atoms with Crippen molar-refractivity contribution in [3.63, 3.8) is 0 Å². The summed E-state index contributed by atoms with van der Waals surface area (Å²) in [5.74, 6) is -1.13. The van der Waals surface area contributed by atoms with E-state index >= 15 is 0 Å². The molecule has 3 aromatic rings. The van der Waals surface area contributed by atoms with Gasteiger partial charge in [0.2, 0.25) is 0 Å². The summed E-state index contributed by atoms with van der Waals surface area (Å²) in [6.07, 6.45) is 1.32. The number of carbonyl (C=O) groups excluding carboxylic acids is 1. The normalized spacial score (nSPS) is 11.0. The van der Waals surface area contributed by atoms with E-state index in [-0.39, 0.29) is 17.3 Å². The van der Waals surface area contributed by atoms with Gasteiger partial charge in [0, 0.05) is 10.6 Å². The minimum atomic E-state index is -0.676. The van der Waals surface area contributed by atoms with Crippen LogP contribution in [0.2, 0.25) is 15.1 Å². The van der Waals surface area contributed by atoms with E-state index in [2.05, 4.69) is 15.6 Å². The summed E-state index contributed by atoms with van der Waals surface area (Å²) in [4.78, 5) is 22.9. The molecule has 3 rings (SSSR count). The number of rotatable bonds is 6. The van der Waals surface area contributed by atoms with Crippen LogP contribution < -0.4 is 5.43 Å². The maximum atomic E-state index is 12.5. The van der Waals surface area contributed by atoms with Crippen LogP contribution in [0.25, 0.3) is 0 Å². The number of carbonyl (C=O) groups is 1. The molecule has 0 atom stereocenters. The van der Waals surface area contributed by atoms with Gasteiger partial charge < -0.3 is 10.1 Å². The van der Waals surface area contributed by atoms with Crippen molar-refractivity contribution in [2.75, 3.05) is 0 Å². The van der Waals surface area contributed by atoms with E-state index in [4.69, 9.17) is 34.8 Å². The molecule has 0 bridgehead atoms. The third-order valence-corrected chi connectivity index (χ3v) is 4.87. The highest BCUT2D eigenvalue weighted by atomic mass is 35.5. The van der Waals surface area contributed by atoms with Crippen LogP contribution in [0.4, 0.5) is 5.82 Å². The molecule has 11 heteroatoms. The van der Waals surface area contributed by atoms with E-state index in [0.29, 0.717) is 15.6 Å². The average Bonchev–Trinajstić information content (AvgIpc) is 3.11. The highest BCUT2D eigenvalue weighted by Crippen LogP contribution is 2.24. The topological polar surface area (TPSA) is 102 Å². The summed E-state index contributed by atoms with van der Waals surface area (Å²) in [5, 5.41) is 20.0. The fourth-order valence-corrected chi connectivity index (χ4v) is 2.88. The Labute approximate surface area is 179 Å². The third-order valence-electron chi connectivity index (χ3n) is 3.78. The van der Waals surface area contributed by atoms with Gasteiger partial charge in [-0.15, -0.1) is 0 Å². The van der Waals surface area contributed by atoms with E-state index in [9.17, 15) is 14.9 Å². The van der Waals surface area contributed by atoms with Crippen LogP contribution in [0.3, 0.4) is 0 Å². The zero-order chi connectivity index (χ0) is 21.0. The smallest absolute Gasteiger partial charge is 0.358 e. The van der Waals surface area contributed by atoms with Gasteiger partial charge >= 0.3 is 5.82 Å². The maximum Gasteiger partial charge on any atom is 0.390 e. The predicted molar refractivity (Wildman–Crippen MR) is 111 cm³/mol. The van der Waals surface area contributed by atoms with Gasteiger partial charge in [-0.3, -0.25) is 4.79 Å². The van der Waals surface area contributed by atoms with E-state index in [1.54, 1.807) is 42.5 Å². The lowest BCUT2D eigenvalue weighted by atomic mass is 10.2. The van der Waals surface area contributed by atoms with Gasteiger partial charge in [-0.2, -0.15) is 9.78 Å². The molecule has 1 amide bonds. The lowest BCUT2D eigenvalue weighted by Gasteiger charge is -2.03. The Morgan fingerprint density at radius 3 is 2.62 bits per heavy atom. The van der Waals surface area contributed by atoms with Gasteiger partial charge in [-0.1, -0.05) is 59.1 Å². The number of nitrogens with zero attached hydrogens (tertiary/aromatic N) is 4. The number of hydrazone groups is 1. The van der Waals surface area contributed by atoms with Gasteiger partial charge in [0.05, 0.1) is 34.0 Å². The lowest BCUT2D eigenvalue weighted by Crippen LogP contribution is -2.22. The molecule has 2 aromatic carbocycles. The molecule has 148 valence electrons.